The summed E-state index contributed by atoms with van der Waals surface area (Å²) >= 11 is 4.45. The van der Waals surface area contributed by atoms with Crippen LogP contribution in [0.25, 0.3) is 0 Å². The number of ether oxygens (including phenoxy) is 1. The summed E-state index contributed by atoms with van der Waals surface area (Å²) in [5.74, 6) is 0.231. The molecule has 1 amide bonds. The number of carbonyl (C=O) groups excluding carboxylic acids is 1. The Labute approximate surface area is 134 Å². The summed E-state index contributed by atoms with van der Waals surface area (Å²) in [4.78, 5) is 18.7. The van der Waals surface area contributed by atoms with Gasteiger partial charge in [-0.3, -0.25) is 9.69 Å². The summed E-state index contributed by atoms with van der Waals surface area (Å²) < 4.78 is 5.63. The van der Waals surface area contributed by atoms with Crippen LogP contribution >= 0.6 is 12.6 Å². The van der Waals surface area contributed by atoms with Gasteiger partial charge in [-0.05, 0) is 19.9 Å². The van der Waals surface area contributed by atoms with Gasteiger partial charge in [-0.1, -0.05) is 0 Å². The molecule has 0 aromatic heterocycles. The number of likely N-dealkylation sites (tertiary alicyclic amines) is 1. The topological polar surface area (TPSA) is 36.0 Å². The number of nitrogens with zero attached hydrogens (tertiary/aromatic N) is 3. The highest BCUT2D eigenvalue weighted by atomic mass is 32.1. The quantitative estimate of drug-likeness (QED) is 0.574. The molecule has 6 heteroatoms. The Balaban J connectivity index is 1.48. The third-order valence-electron chi connectivity index (χ3n) is 4.43. The van der Waals surface area contributed by atoms with Gasteiger partial charge in [0.25, 0.3) is 0 Å². The lowest BCUT2D eigenvalue weighted by molar-refractivity contribution is -0.133. The Kier molecular flexibility index (Phi) is 7.29. The summed E-state index contributed by atoms with van der Waals surface area (Å²) in [5.41, 5.74) is 0. The average Bonchev–Trinajstić information content (AvgIpc) is 2.49. The highest BCUT2D eigenvalue weighted by Crippen LogP contribution is 2.15. The fraction of sp³-hybridized carbons (Fsp3) is 0.933. The first-order chi connectivity index (χ1) is 10.1. The van der Waals surface area contributed by atoms with Gasteiger partial charge in [0.2, 0.25) is 5.91 Å². The van der Waals surface area contributed by atoms with Gasteiger partial charge in [0, 0.05) is 51.1 Å². The van der Waals surface area contributed by atoms with Crippen molar-refractivity contribution in [1.82, 2.24) is 14.7 Å². The van der Waals surface area contributed by atoms with Crippen LogP contribution in [-0.4, -0.2) is 91.9 Å². The van der Waals surface area contributed by atoms with Crippen LogP contribution in [0.2, 0.25) is 0 Å². The molecule has 0 unspecified atom stereocenters. The van der Waals surface area contributed by atoms with Crippen molar-refractivity contribution < 1.29 is 9.53 Å². The minimum atomic E-state index is 0.231. The number of amides is 1. The van der Waals surface area contributed by atoms with E-state index in [9.17, 15) is 4.79 Å². The second-order valence-corrected chi connectivity index (χ2v) is 6.85. The molecule has 0 spiro atoms. The van der Waals surface area contributed by atoms with Gasteiger partial charge >= 0.3 is 0 Å². The molecule has 0 aliphatic carbocycles. The van der Waals surface area contributed by atoms with E-state index in [0.717, 1.165) is 65.3 Å². The van der Waals surface area contributed by atoms with Gasteiger partial charge in [0.1, 0.15) is 0 Å². The number of carbonyl (C=O) groups is 1. The largest absolute Gasteiger partial charge is 0.380 e. The van der Waals surface area contributed by atoms with Crippen molar-refractivity contribution in [3.8, 4) is 0 Å². The lowest BCUT2D eigenvalue weighted by atomic mass is 10.1. The van der Waals surface area contributed by atoms with Crippen LogP contribution in [0.5, 0.6) is 0 Å². The maximum atomic E-state index is 12.0. The van der Waals surface area contributed by atoms with Gasteiger partial charge in [-0.15, -0.1) is 0 Å². The molecule has 2 rings (SSSR count). The van der Waals surface area contributed by atoms with Crippen LogP contribution in [-0.2, 0) is 9.53 Å². The van der Waals surface area contributed by atoms with E-state index in [4.69, 9.17) is 4.74 Å². The molecule has 2 heterocycles. The second kappa shape index (κ2) is 8.98. The molecule has 0 radical (unpaired) electrons. The first-order valence-corrected chi connectivity index (χ1v) is 8.61. The van der Waals surface area contributed by atoms with Gasteiger partial charge in [0.05, 0.1) is 19.6 Å². The van der Waals surface area contributed by atoms with Crippen molar-refractivity contribution in [1.29, 1.82) is 0 Å². The zero-order chi connectivity index (χ0) is 15.1. The summed E-state index contributed by atoms with van der Waals surface area (Å²) in [5, 5.41) is 0.467. The first-order valence-electron chi connectivity index (χ1n) is 8.09. The van der Waals surface area contributed by atoms with Crippen LogP contribution < -0.4 is 0 Å². The standard InChI is InChI=1S/C15H29N3O2S/c1-16-7-9-17(10-8-16)11-13-20-12-4-15(19)18-5-2-14(21)3-6-18/h14,21H,2-13H2,1H3. The molecule has 0 aromatic rings. The number of piperidine rings is 1. The fourth-order valence-corrected chi connectivity index (χ4v) is 3.03. The van der Waals surface area contributed by atoms with E-state index >= 15 is 0 Å². The highest BCUT2D eigenvalue weighted by molar-refractivity contribution is 7.80. The molecule has 0 N–H and O–H groups in total. The number of hydrogen-bond acceptors (Lipinski definition) is 5. The molecule has 21 heavy (non-hydrogen) atoms. The molecule has 0 aromatic carbocycles. The number of rotatable bonds is 6. The zero-order valence-corrected chi connectivity index (χ0v) is 14.1. The molecule has 5 nitrogen and oxygen atoms in total. The monoisotopic (exact) mass is 315 g/mol. The van der Waals surface area contributed by atoms with Crippen LogP contribution in [0, 0.1) is 0 Å². The molecule has 2 aliphatic rings. The Morgan fingerprint density at radius 3 is 2.43 bits per heavy atom. The van der Waals surface area contributed by atoms with Gasteiger partial charge in [0.15, 0.2) is 0 Å². The molecular weight excluding hydrogens is 286 g/mol. The number of hydrogen-bond donors (Lipinski definition) is 1. The fourth-order valence-electron chi connectivity index (χ4n) is 2.80. The Morgan fingerprint density at radius 2 is 1.76 bits per heavy atom. The van der Waals surface area contributed by atoms with Crippen molar-refractivity contribution in [2.24, 2.45) is 0 Å². The van der Waals surface area contributed by atoms with Crippen molar-refractivity contribution in [2.75, 3.05) is 66.1 Å². The van der Waals surface area contributed by atoms with E-state index < -0.39 is 0 Å². The number of piperazine rings is 1. The van der Waals surface area contributed by atoms with E-state index in [2.05, 4.69) is 29.5 Å². The smallest absolute Gasteiger partial charge is 0.224 e. The predicted octanol–water partition coefficient (Wildman–Crippen LogP) is 0.561. The van der Waals surface area contributed by atoms with Crippen molar-refractivity contribution in [2.45, 2.75) is 24.5 Å². The minimum absolute atomic E-state index is 0.231. The van der Waals surface area contributed by atoms with E-state index in [-0.39, 0.29) is 5.91 Å². The SMILES string of the molecule is CN1CCN(CCOCCC(=O)N2CCC(S)CC2)CC1. The molecule has 0 bridgehead atoms. The van der Waals surface area contributed by atoms with Crippen molar-refractivity contribution in [3.05, 3.63) is 0 Å². The van der Waals surface area contributed by atoms with E-state index in [1.165, 1.54) is 0 Å². The van der Waals surface area contributed by atoms with Crippen LogP contribution in [0.15, 0.2) is 0 Å². The van der Waals surface area contributed by atoms with E-state index in [1.54, 1.807) is 0 Å². The zero-order valence-electron chi connectivity index (χ0n) is 13.2. The normalized spacial score (nSPS) is 22.7. The predicted molar refractivity (Wildman–Crippen MR) is 88.0 cm³/mol. The molecule has 0 saturated carbocycles. The van der Waals surface area contributed by atoms with Crippen molar-refractivity contribution >= 4 is 18.5 Å². The Morgan fingerprint density at radius 1 is 1.10 bits per heavy atom. The van der Waals surface area contributed by atoms with Gasteiger partial charge < -0.3 is 14.5 Å². The molecule has 0 atom stereocenters. The number of likely N-dealkylation sites (N-methyl/N-ethyl adjacent to an activating group) is 1. The first kappa shape index (κ1) is 17.1. The molecule has 2 aliphatic heterocycles. The Bertz CT molecular complexity index is 314. The molecule has 2 fully saturated rings. The van der Waals surface area contributed by atoms with E-state index in [1.807, 2.05) is 4.90 Å². The van der Waals surface area contributed by atoms with Crippen LogP contribution in [0.4, 0.5) is 0 Å². The lowest BCUT2D eigenvalue weighted by Gasteiger charge is -2.32. The summed E-state index contributed by atoms with van der Waals surface area (Å²) in [6.45, 7) is 8.49. The molecular formula is C15H29N3O2S. The average molecular weight is 315 g/mol. The molecule has 122 valence electrons. The van der Waals surface area contributed by atoms with Crippen LogP contribution in [0.1, 0.15) is 19.3 Å². The summed E-state index contributed by atoms with van der Waals surface area (Å²) in [6, 6.07) is 0. The third kappa shape index (κ3) is 6.14. The van der Waals surface area contributed by atoms with Crippen molar-refractivity contribution in [3.63, 3.8) is 0 Å². The molecule has 2 saturated heterocycles. The maximum Gasteiger partial charge on any atom is 0.224 e. The van der Waals surface area contributed by atoms with Crippen LogP contribution in [0.3, 0.4) is 0 Å². The highest BCUT2D eigenvalue weighted by Gasteiger charge is 2.20. The second-order valence-electron chi connectivity index (χ2n) is 6.12. The number of thiol groups is 1. The maximum absolute atomic E-state index is 12.0. The minimum Gasteiger partial charge on any atom is -0.380 e. The lowest BCUT2D eigenvalue weighted by Crippen LogP contribution is -2.45. The summed E-state index contributed by atoms with van der Waals surface area (Å²) in [6.07, 6.45) is 2.54. The summed E-state index contributed by atoms with van der Waals surface area (Å²) in [7, 11) is 2.16. The van der Waals surface area contributed by atoms with Gasteiger partial charge in [-0.25, -0.2) is 0 Å². The Hall–Kier alpha value is -0.300. The van der Waals surface area contributed by atoms with Gasteiger partial charge in [-0.2, -0.15) is 12.6 Å². The third-order valence-corrected chi connectivity index (χ3v) is 4.94. The van der Waals surface area contributed by atoms with E-state index in [0.29, 0.717) is 18.3 Å².